The number of aryl methyl sites for hydroxylation is 1. The average molecular weight is 277 g/mol. The van der Waals surface area contributed by atoms with Gasteiger partial charge < -0.3 is 5.32 Å². The number of hydrogen-bond donors (Lipinski definition) is 1. The van der Waals surface area contributed by atoms with Gasteiger partial charge >= 0.3 is 5.69 Å². The van der Waals surface area contributed by atoms with Crippen LogP contribution in [0.4, 0.5) is 0 Å². The second kappa shape index (κ2) is 5.87. The van der Waals surface area contributed by atoms with Gasteiger partial charge in [-0.3, -0.25) is 18.6 Å². The molecule has 0 atom stereocenters. The van der Waals surface area contributed by atoms with Gasteiger partial charge in [0.25, 0.3) is 5.56 Å². The highest BCUT2D eigenvalue weighted by atomic mass is 16.2. The third-order valence-electron chi connectivity index (χ3n) is 3.41. The number of hydrogen-bond acceptors (Lipinski definition) is 4. The fraction of sp³-hybridized carbons (Fsp3) is 0.462. The Morgan fingerprint density at radius 3 is 2.55 bits per heavy atom. The molecule has 2 aromatic heterocycles. The summed E-state index contributed by atoms with van der Waals surface area (Å²) in [5, 5.41) is 7.33. The van der Waals surface area contributed by atoms with Crippen molar-refractivity contribution in [2.75, 3.05) is 6.54 Å². The zero-order valence-corrected chi connectivity index (χ0v) is 12.0. The van der Waals surface area contributed by atoms with Crippen LogP contribution in [0.1, 0.15) is 11.4 Å². The minimum atomic E-state index is -0.305. The predicted molar refractivity (Wildman–Crippen MR) is 75.5 cm³/mol. The first-order valence-corrected chi connectivity index (χ1v) is 6.44. The van der Waals surface area contributed by atoms with Gasteiger partial charge in [0.1, 0.15) is 0 Å². The van der Waals surface area contributed by atoms with Crippen LogP contribution in [0.3, 0.4) is 0 Å². The van der Waals surface area contributed by atoms with Gasteiger partial charge in [-0.1, -0.05) is 0 Å². The third-order valence-corrected chi connectivity index (χ3v) is 3.41. The van der Waals surface area contributed by atoms with Crippen LogP contribution in [0.5, 0.6) is 0 Å². The summed E-state index contributed by atoms with van der Waals surface area (Å²) in [6, 6.07) is 3.45. The molecule has 7 nitrogen and oxygen atoms in total. The first kappa shape index (κ1) is 14.3. The van der Waals surface area contributed by atoms with Gasteiger partial charge in [0.2, 0.25) is 0 Å². The van der Waals surface area contributed by atoms with Gasteiger partial charge in [-0.15, -0.1) is 0 Å². The molecule has 2 aromatic rings. The standard InChI is InChI=1S/C13H19N5O2/c1-16-11(8-12(19)17(2)13(16)20)9-14-6-4-10-5-7-15-18(10)3/h5,7-8,14H,4,6,9H2,1-3H3. The Morgan fingerprint density at radius 1 is 1.15 bits per heavy atom. The van der Waals surface area contributed by atoms with Crippen molar-refractivity contribution in [3.63, 3.8) is 0 Å². The van der Waals surface area contributed by atoms with Crippen molar-refractivity contribution in [1.29, 1.82) is 0 Å². The van der Waals surface area contributed by atoms with E-state index in [1.807, 2.05) is 17.8 Å². The van der Waals surface area contributed by atoms with E-state index in [-0.39, 0.29) is 11.2 Å². The molecular formula is C13H19N5O2. The van der Waals surface area contributed by atoms with E-state index in [4.69, 9.17) is 0 Å². The van der Waals surface area contributed by atoms with E-state index in [0.29, 0.717) is 12.2 Å². The van der Waals surface area contributed by atoms with Crippen molar-refractivity contribution in [1.82, 2.24) is 24.2 Å². The summed E-state index contributed by atoms with van der Waals surface area (Å²) in [5.74, 6) is 0. The lowest BCUT2D eigenvalue weighted by atomic mass is 10.3. The molecule has 0 saturated carbocycles. The lowest BCUT2D eigenvalue weighted by Crippen LogP contribution is -2.39. The summed E-state index contributed by atoms with van der Waals surface area (Å²) in [4.78, 5) is 23.3. The smallest absolute Gasteiger partial charge is 0.311 e. The van der Waals surface area contributed by atoms with E-state index in [9.17, 15) is 9.59 Å². The Labute approximate surface area is 116 Å². The molecule has 0 unspecified atom stereocenters. The molecule has 0 amide bonds. The summed E-state index contributed by atoms with van der Waals surface area (Å²) >= 11 is 0. The molecule has 0 aliphatic carbocycles. The second-order valence-electron chi connectivity index (χ2n) is 4.75. The molecule has 108 valence electrons. The van der Waals surface area contributed by atoms with Crippen molar-refractivity contribution in [3.8, 4) is 0 Å². The Bertz CT molecular complexity index is 710. The van der Waals surface area contributed by atoms with Crippen LogP contribution in [0, 0.1) is 0 Å². The van der Waals surface area contributed by atoms with Gasteiger partial charge in [-0.05, 0) is 6.07 Å². The van der Waals surface area contributed by atoms with Gasteiger partial charge in [0.05, 0.1) is 0 Å². The first-order valence-electron chi connectivity index (χ1n) is 6.44. The minimum absolute atomic E-state index is 0.281. The highest BCUT2D eigenvalue weighted by molar-refractivity contribution is 5.03. The molecule has 0 aliphatic rings. The lowest BCUT2D eigenvalue weighted by molar-refractivity contribution is 0.591. The van der Waals surface area contributed by atoms with Crippen molar-refractivity contribution in [2.24, 2.45) is 21.1 Å². The fourth-order valence-electron chi connectivity index (χ4n) is 2.03. The minimum Gasteiger partial charge on any atom is -0.311 e. The SMILES string of the molecule is Cn1nccc1CCNCc1cc(=O)n(C)c(=O)n1C. The molecule has 1 N–H and O–H groups in total. The molecule has 0 spiro atoms. The number of nitrogens with one attached hydrogen (secondary N) is 1. The predicted octanol–water partition coefficient (Wildman–Crippen LogP) is -0.850. The van der Waals surface area contributed by atoms with E-state index in [2.05, 4.69) is 10.4 Å². The van der Waals surface area contributed by atoms with E-state index in [1.54, 1.807) is 13.2 Å². The first-order chi connectivity index (χ1) is 9.50. The maximum absolute atomic E-state index is 11.8. The summed E-state index contributed by atoms with van der Waals surface area (Å²) in [6.45, 7) is 1.24. The molecular weight excluding hydrogens is 258 g/mol. The van der Waals surface area contributed by atoms with Gasteiger partial charge in [-0.2, -0.15) is 5.10 Å². The highest BCUT2D eigenvalue weighted by Crippen LogP contribution is 1.97. The molecule has 0 fully saturated rings. The Hall–Kier alpha value is -2.15. The van der Waals surface area contributed by atoms with Crippen LogP contribution in [0.2, 0.25) is 0 Å². The zero-order chi connectivity index (χ0) is 14.7. The van der Waals surface area contributed by atoms with Crippen molar-refractivity contribution in [2.45, 2.75) is 13.0 Å². The molecule has 20 heavy (non-hydrogen) atoms. The lowest BCUT2D eigenvalue weighted by Gasteiger charge is -2.10. The van der Waals surface area contributed by atoms with Gasteiger partial charge in [0, 0.05) is 64.3 Å². The monoisotopic (exact) mass is 277 g/mol. The summed E-state index contributed by atoms with van der Waals surface area (Å²) in [5.41, 5.74) is 1.23. The maximum atomic E-state index is 11.8. The van der Waals surface area contributed by atoms with Crippen LogP contribution in [-0.4, -0.2) is 25.5 Å². The van der Waals surface area contributed by atoms with Crippen LogP contribution in [-0.2, 0) is 34.1 Å². The average Bonchev–Trinajstić information content (AvgIpc) is 2.83. The molecule has 0 aliphatic heterocycles. The largest absolute Gasteiger partial charge is 0.330 e. The Kier molecular flexibility index (Phi) is 4.19. The summed E-state index contributed by atoms with van der Waals surface area (Å²) in [7, 11) is 5.05. The molecule has 0 aromatic carbocycles. The molecule has 0 bridgehead atoms. The van der Waals surface area contributed by atoms with Crippen LogP contribution in [0.15, 0.2) is 27.9 Å². The molecule has 0 saturated heterocycles. The molecule has 0 radical (unpaired) electrons. The van der Waals surface area contributed by atoms with Crippen LogP contribution in [0.25, 0.3) is 0 Å². The fourth-order valence-corrected chi connectivity index (χ4v) is 2.03. The third kappa shape index (κ3) is 2.88. The van der Waals surface area contributed by atoms with E-state index in [0.717, 1.165) is 23.2 Å². The normalized spacial score (nSPS) is 10.9. The van der Waals surface area contributed by atoms with Crippen LogP contribution < -0.4 is 16.6 Å². The molecule has 2 heterocycles. The molecule has 7 heteroatoms. The second-order valence-corrected chi connectivity index (χ2v) is 4.75. The van der Waals surface area contributed by atoms with E-state index < -0.39 is 0 Å². The summed E-state index contributed by atoms with van der Waals surface area (Å²) in [6.07, 6.45) is 2.61. The molecule has 2 rings (SSSR count). The topological polar surface area (TPSA) is 73.8 Å². The zero-order valence-electron chi connectivity index (χ0n) is 12.0. The highest BCUT2D eigenvalue weighted by Gasteiger charge is 2.05. The van der Waals surface area contributed by atoms with Gasteiger partial charge in [0.15, 0.2) is 0 Å². The van der Waals surface area contributed by atoms with Gasteiger partial charge in [-0.25, -0.2) is 4.79 Å². The van der Waals surface area contributed by atoms with Crippen LogP contribution >= 0.6 is 0 Å². The number of nitrogens with zero attached hydrogens (tertiary/aromatic N) is 4. The summed E-state index contributed by atoms with van der Waals surface area (Å²) < 4.78 is 4.41. The Morgan fingerprint density at radius 2 is 1.90 bits per heavy atom. The maximum Gasteiger partial charge on any atom is 0.330 e. The quantitative estimate of drug-likeness (QED) is 0.723. The van der Waals surface area contributed by atoms with Crippen molar-refractivity contribution in [3.05, 3.63) is 50.6 Å². The van der Waals surface area contributed by atoms with Crippen molar-refractivity contribution < 1.29 is 0 Å². The van der Waals surface area contributed by atoms with E-state index >= 15 is 0 Å². The number of aromatic nitrogens is 4. The number of rotatable bonds is 5. The van der Waals surface area contributed by atoms with E-state index in [1.165, 1.54) is 17.7 Å². The van der Waals surface area contributed by atoms with Crippen molar-refractivity contribution >= 4 is 0 Å². The Balaban J connectivity index is 1.97.